The van der Waals surface area contributed by atoms with Gasteiger partial charge in [0, 0.05) is 31.4 Å². The molecule has 0 spiro atoms. The number of hydrogen-bond acceptors (Lipinski definition) is 4. The van der Waals surface area contributed by atoms with Crippen LogP contribution in [0.15, 0.2) is 36.7 Å². The lowest BCUT2D eigenvalue weighted by atomic mass is 10.0. The molecule has 0 aliphatic carbocycles. The fourth-order valence-corrected chi connectivity index (χ4v) is 2.47. The van der Waals surface area contributed by atoms with E-state index >= 15 is 0 Å². The molecule has 2 rings (SSSR count). The SMILES string of the molecule is CCCn1ccnc1CC(Cc1cccc(OC)c1)NN. The molecule has 1 atom stereocenters. The zero-order valence-electron chi connectivity index (χ0n) is 12.7. The Hall–Kier alpha value is -1.85. The molecule has 3 N–H and O–H groups in total. The van der Waals surface area contributed by atoms with Crippen LogP contribution in [-0.2, 0) is 19.4 Å². The molecule has 0 fully saturated rings. The summed E-state index contributed by atoms with van der Waals surface area (Å²) in [6.07, 6.45) is 6.62. The van der Waals surface area contributed by atoms with Gasteiger partial charge in [0.1, 0.15) is 11.6 Å². The average Bonchev–Trinajstić information content (AvgIpc) is 2.94. The molecule has 0 aliphatic heterocycles. The molecule has 1 aromatic carbocycles. The van der Waals surface area contributed by atoms with E-state index in [4.69, 9.17) is 10.6 Å². The van der Waals surface area contributed by atoms with Gasteiger partial charge in [0.25, 0.3) is 0 Å². The number of aryl methyl sites for hydroxylation is 1. The molecule has 2 aromatic rings. The van der Waals surface area contributed by atoms with E-state index in [0.717, 1.165) is 37.4 Å². The van der Waals surface area contributed by atoms with Crippen LogP contribution in [0.2, 0.25) is 0 Å². The van der Waals surface area contributed by atoms with E-state index in [-0.39, 0.29) is 6.04 Å². The number of methoxy groups -OCH3 is 1. The van der Waals surface area contributed by atoms with Gasteiger partial charge in [-0.1, -0.05) is 19.1 Å². The Kier molecular flexibility index (Phi) is 5.78. The summed E-state index contributed by atoms with van der Waals surface area (Å²) in [5.74, 6) is 7.66. The second kappa shape index (κ2) is 7.81. The first-order valence-corrected chi connectivity index (χ1v) is 7.35. The standard InChI is InChI=1S/C16H24N4O/c1-3-8-20-9-7-18-16(20)12-14(19-17)10-13-5-4-6-15(11-13)21-2/h4-7,9,11,14,19H,3,8,10,12,17H2,1-2H3. The monoisotopic (exact) mass is 288 g/mol. The second-order valence-corrected chi connectivity index (χ2v) is 5.16. The van der Waals surface area contributed by atoms with Gasteiger partial charge in [-0.3, -0.25) is 11.3 Å². The van der Waals surface area contributed by atoms with Gasteiger partial charge >= 0.3 is 0 Å². The first-order valence-electron chi connectivity index (χ1n) is 7.35. The normalized spacial score (nSPS) is 12.3. The molecule has 0 amide bonds. The minimum atomic E-state index is 0.148. The van der Waals surface area contributed by atoms with Crippen molar-refractivity contribution in [3.8, 4) is 5.75 Å². The summed E-state index contributed by atoms with van der Waals surface area (Å²) in [7, 11) is 1.68. The zero-order chi connectivity index (χ0) is 15.1. The Bertz CT molecular complexity index is 553. The van der Waals surface area contributed by atoms with Crippen LogP contribution in [0.25, 0.3) is 0 Å². The maximum atomic E-state index is 5.71. The van der Waals surface area contributed by atoms with Gasteiger partial charge in [0.2, 0.25) is 0 Å². The Morgan fingerprint density at radius 3 is 2.95 bits per heavy atom. The predicted molar refractivity (Wildman–Crippen MR) is 84.0 cm³/mol. The molecule has 114 valence electrons. The molecular weight excluding hydrogens is 264 g/mol. The summed E-state index contributed by atoms with van der Waals surface area (Å²) >= 11 is 0. The van der Waals surface area contributed by atoms with Crippen molar-refractivity contribution in [3.05, 3.63) is 48.0 Å². The largest absolute Gasteiger partial charge is 0.497 e. The summed E-state index contributed by atoms with van der Waals surface area (Å²) in [6.45, 7) is 3.16. The lowest BCUT2D eigenvalue weighted by Crippen LogP contribution is -2.39. The molecular formula is C16H24N4O. The van der Waals surface area contributed by atoms with Crippen molar-refractivity contribution >= 4 is 0 Å². The van der Waals surface area contributed by atoms with Crippen molar-refractivity contribution in [1.82, 2.24) is 15.0 Å². The second-order valence-electron chi connectivity index (χ2n) is 5.16. The molecule has 0 radical (unpaired) electrons. The van der Waals surface area contributed by atoms with Crippen LogP contribution in [0.3, 0.4) is 0 Å². The van der Waals surface area contributed by atoms with Gasteiger partial charge in [0.15, 0.2) is 0 Å². The summed E-state index contributed by atoms with van der Waals surface area (Å²) in [6, 6.07) is 8.23. The molecule has 5 heteroatoms. The van der Waals surface area contributed by atoms with Crippen molar-refractivity contribution in [3.63, 3.8) is 0 Å². The van der Waals surface area contributed by atoms with Crippen molar-refractivity contribution in [2.24, 2.45) is 5.84 Å². The van der Waals surface area contributed by atoms with Gasteiger partial charge in [-0.2, -0.15) is 0 Å². The summed E-state index contributed by atoms with van der Waals surface area (Å²) in [5, 5.41) is 0. The number of ether oxygens (including phenoxy) is 1. The third-order valence-electron chi connectivity index (χ3n) is 3.55. The molecule has 5 nitrogen and oxygen atoms in total. The highest BCUT2D eigenvalue weighted by Gasteiger charge is 2.13. The van der Waals surface area contributed by atoms with Crippen LogP contribution < -0.4 is 16.0 Å². The Morgan fingerprint density at radius 2 is 2.24 bits per heavy atom. The number of nitrogens with two attached hydrogens (primary N) is 1. The lowest BCUT2D eigenvalue weighted by molar-refractivity contribution is 0.413. The first kappa shape index (κ1) is 15.5. The third-order valence-corrected chi connectivity index (χ3v) is 3.55. The van der Waals surface area contributed by atoms with E-state index in [1.54, 1.807) is 7.11 Å². The molecule has 0 bridgehead atoms. The van der Waals surface area contributed by atoms with Crippen LogP contribution in [-0.4, -0.2) is 22.7 Å². The molecule has 0 aliphatic rings. The third kappa shape index (κ3) is 4.31. The van der Waals surface area contributed by atoms with Crippen molar-refractivity contribution in [2.45, 2.75) is 38.8 Å². The number of rotatable bonds is 8. The summed E-state index contributed by atoms with van der Waals surface area (Å²) < 4.78 is 7.45. The average molecular weight is 288 g/mol. The highest BCUT2D eigenvalue weighted by Crippen LogP contribution is 2.15. The smallest absolute Gasteiger partial charge is 0.119 e. The fourth-order valence-electron chi connectivity index (χ4n) is 2.47. The fraction of sp³-hybridized carbons (Fsp3) is 0.438. The summed E-state index contributed by atoms with van der Waals surface area (Å²) in [5.41, 5.74) is 4.10. The number of nitrogens with zero attached hydrogens (tertiary/aromatic N) is 2. The lowest BCUT2D eigenvalue weighted by Gasteiger charge is -2.17. The van der Waals surface area contributed by atoms with Crippen molar-refractivity contribution in [1.29, 1.82) is 0 Å². The molecule has 0 saturated carbocycles. The molecule has 1 heterocycles. The van der Waals surface area contributed by atoms with Crippen molar-refractivity contribution in [2.75, 3.05) is 7.11 Å². The highest BCUT2D eigenvalue weighted by atomic mass is 16.5. The quantitative estimate of drug-likeness (QED) is 0.575. The summed E-state index contributed by atoms with van der Waals surface area (Å²) in [4.78, 5) is 4.44. The Balaban J connectivity index is 2.03. The number of benzene rings is 1. The van der Waals surface area contributed by atoms with Gasteiger partial charge in [-0.25, -0.2) is 4.98 Å². The molecule has 21 heavy (non-hydrogen) atoms. The topological polar surface area (TPSA) is 65.1 Å². The van der Waals surface area contributed by atoms with Crippen LogP contribution in [0.4, 0.5) is 0 Å². The van der Waals surface area contributed by atoms with E-state index < -0.39 is 0 Å². The number of nitrogens with one attached hydrogen (secondary N) is 1. The van der Waals surface area contributed by atoms with E-state index in [1.165, 1.54) is 5.56 Å². The van der Waals surface area contributed by atoms with Gasteiger partial charge in [0.05, 0.1) is 7.11 Å². The van der Waals surface area contributed by atoms with Crippen LogP contribution in [0, 0.1) is 0 Å². The van der Waals surface area contributed by atoms with Gasteiger partial charge < -0.3 is 9.30 Å². The zero-order valence-corrected chi connectivity index (χ0v) is 12.7. The van der Waals surface area contributed by atoms with Gasteiger partial charge in [-0.15, -0.1) is 0 Å². The number of aromatic nitrogens is 2. The number of hydrogen-bond donors (Lipinski definition) is 2. The Morgan fingerprint density at radius 1 is 1.38 bits per heavy atom. The Labute approximate surface area is 126 Å². The van der Waals surface area contributed by atoms with Gasteiger partial charge in [-0.05, 0) is 30.5 Å². The molecule has 1 aromatic heterocycles. The first-order chi connectivity index (χ1) is 10.3. The predicted octanol–water partition coefficient (Wildman–Crippen LogP) is 1.92. The highest BCUT2D eigenvalue weighted by molar-refractivity contribution is 5.29. The van der Waals surface area contributed by atoms with E-state index in [0.29, 0.717) is 0 Å². The molecule has 0 saturated heterocycles. The minimum absolute atomic E-state index is 0.148. The van der Waals surface area contributed by atoms with Crippen molar-refractivity contribution < 1.29 is 4.74 Å². The maximum absolute atomic E-state index is 5.71. The maximum Gasteiger partial charge on any atom is 0.119 e. The van der Waals surface area contributed by atoms with Crippen LogP contribution in [0.5, 0.6) is 5.75 Å². The van der Waals surface area contributed by atoms with E-state index in [2.05, 4.69) is 28.0 Å². The minimum Gasteiger partial charge on any atom is -0.497 e. The van der Waals surface area contributed by atoms with Crippen LogP contribution >= 0.6 is 0 Å². The van der Waals surface area contributed by atoms with E-state index in [9.17, 15) is 0 Å². The number of imidazole rings is 1. The van der Waals surface area contributed by atoms with Crippen LogP contribution in [0.1, 0.15) is 24.7 Å². The van der Waals surface area contributed by atoms with E-state index in [1.807, 2.05) is 30.6 Å². The number of hydrazine groups is 1. The molecule has 1 unspecified atom stereocenters.